The third-order valence-electron chi connectivity index (χ3n) is 2.41. The van der Waals surface area contributed by atoms with Gasteiger partial charge in [-0.05, 0) is 12.1 Å². The topological polar surface area (TPSA) is 82.3 Å². The van der Waals surface area contributed by atoms with E-state index < -0.39 is 0 Å². The minimum Gasteiger partial charge on any atom is -0.497 e. The van der Waals surface area contributed by atoms with Crippen molar-refractivity contribution in [1.82, 2.24) is 9.97 Å². The number of ether oxygens (including phenoxy) is 2. The van der Waals surface area contributed by atoms with E-state index in [1.807, 2.05) is 12.1 Å². The number of methoxy groups -OCH3 is 2. The molecular formula is C12H14N4O2. The number of nitrogens with one attached hydrogen (secondary N) is 1. The van der Waals surface area contributed by atoms with Crippen molar-refractivity contribution in [2.75, 3.05) is 19.6 Å². The Kier molecular flexibility index (Phi) is 3.59. The average Bonchev–Trinajstić information content (AvgIpc) is 2.46. The van der Waals surface area contributed by atoms with Crippen LogP contribution >= 0.6 is 0 Å². The number of nitrogens with two attached hydrogens (primary N) is 1. The highest BCUT2D eigenvalue weighted by Gasteiger charge is 2.07. The molecule has 0 amide bonds. The highest BCUT2D eigenvalue weighted by molar-refractivity contribution is 5.62. The SMILES string of the molecule is COc1cc(OC)cc(-c2nccc(NN)n2)c1. The minimum atomic E-state index is 0.543. The summed E-state index contributed by atoms with van der Waals surface area (Å²) in [7, 11) is 3.19. The van der Waals surface area contributed by atoms with Gasteiger partial charge in [0.25, 0.3) is 0 Å². The van der Waals surface area contributed by atoms with Crippen LogP contribution in [-0.4, -0.2) is 24.2 Å². The minimum absolute atomic E-state index is 0.543. The number of rotatable bonds is 4. The zero-order chi connectivity index (χ0) is 13.0. The summed E-state index contributed by atoms with van der Waals surface area (Å²) in [5.74, 6) is 7.77. The zero-order valence-corrected chi connectivity index (χ0v) is 10.2. The zero-order valence-electron chi connectivity index (χ0n) is 10.2. The van der Waals surface area contributed by atoms with Crippen molar-refractivity contribution in [2.45, 2.75) is 0 Å². The quantitative estimate of drug-likeness (QED) is 0.627. The summed E-state index contributed by atoms with van der Waals surface area (Å²) in [6.45, 7) is 0. The molecule has 0 bridgehead atoms. The molecule has 3 N–H and O–H groups in total. The molecule has 2 aromatic rings. The van der Waals surface area contributed by atoms with Crippen molar-refractivity contribution in [3.8, 4) is 22.9 Å². The lowest BCUT2D eigenvalue weighted by Gasteiger charge is -2.08. The van der Waals surface area contributed by atoms with Crippen LogP contribution in [0.5, 0.6) is 11.5 Å². The Bertz CT molecular complexity index is 523. The van der Waals surface area contributed by atoms with Gasteiger partial charge in [-0.1, -0.05) is 0 Å². The van der Waals surface area contributed by atoms with Crippen LogP contribution in [-0.2, 0) is 0 Å². The van der Waals surface area contributed by atoms with Crippen LogP contribution in [0, 0.1) is 0 Å². The summed E-state index contributed by atoms with van der Waals surface area (Å²) in [4.78, 5) is 8.44. The van der Waals surface area contributed by atoms with Crippen LogP contribution in [0.2, 0.25) is 0 Å². The number of anilines is 1. The molecule has 0 radical (unpaired) electrons. The molecule has 0 aliphatic heterocycles. The van der Waals surface area contributed by atoms with Crippen molar-refractivity contribution < 1.29 is 9.47 Å². The van der Waals surface area contributed by atoms with Crippen LogP contribution in [0.3, 0.4) is 0 Å². The van der Waals surface area contributed by atoms with E-state index in [0.717, 1.165) is 5.56 Å². The molecule has 94 valence electrons. The Hall–Kier alpha value is -2.34. The molecule has 0 saturated heterocycles. The fourth-order valence-electron chi connectivity index (χ4n) is 1.51. The van der Waals surface area contributed by atoms with Crippen LogP contribution < -0.4 is 20.7 Å². The van der Waals surface area contributed by atoms with Gasteiger partial charge in [-0.3, -0.25) is 0 Å². The van der Waals surface area contributed by atoms with Crippen LogP contribution in [0.4, 0.5) is 5.82 Å². The molecule has 1 heterocycles. The van der Waals surface area contributed by atoms with E-state index in [-0.39, 0.29) is 0 Å². The van der Waals surface area contributed by atoms with Gasteiger partial charge >= 0.3 is 0 Å². The first-order valence-electron chi connectivity index (χ1n) is 5.30. The number of aromatic nitrogens is 2. The Morgan fingerprint density at radius 3 is 2.33 bits per heavy atom. The van der Waals surface area contributed by atoms with Crippen molar-refractivity contribution in [3.63, 3.8) is 0 Å². The molecule has 0 saturated carbocycles. The van der Waals surface area contributed by atoms with Gasteiger partial charge in [0.2, 0.25) is 0 Å². The van der Waals surface area contributed by atoms with Gasteiger partial charge in [-0.2, -0.15) is 0 Å². The van der Waals surface area contributed by atoms with Crippen LogP contribution in [0.1, 0.15) is 0 Å². The predicted molar refractivity (Wildman–Crippen MR) is 68.4 cm³/mol. The summed E-state index contributed by atoms with van der Waals surface area (Å²) >= 11 is 0. The monoisotopic (exact) mass is 246 g/mol. The second-order valence-electron chi connectivity index (χ2n) is 3.51. The maximum Gasteiger partial charge on any atom is 0.161 e. The van der Waals surface area contributed by atoms with Gasteiger partial charge in [0.15, 0.2) is 5.82 Å². The van der Waals surface area contributed by atoms with Gasteiger partial charge < -0.3 is 14.9 Å². The first-order valence-corrected chi connectivity index (χ1v) is 5.30. The molecule has 0 spiro atoms. The normalized spacial score (nSPS) is 9.94. The first kappa shape index (κ1) is 12.1. The molecular weight excluding hydrogens is 232 g/mol. The average molecular weight is 246 g/mol. The van der Waals surface area contributed by atoms with Gasteiger partial charge in [0.05, 0.1) is 14.2 Å². The van der Waals surface area contributed by atoms with E-state index in [4.69, 9.17) is 15.3 Å². The largest absolute Gasteiger partial charge is 0.497 e. The standard InChI is InChI=1S/C12H14N4O2/c1-17-9-5-8(6-10(7-9)18-2)12-14-4-3-11(15-12)16-13/h3-7H,13H2,1-2H3,(H,14,15,16). The second kappa shape index (κ2) is 5.33. The number of hydrogen-bond acceptors (Lipinski definition) is 6. The summed E-state index contributed by atoms with van der Waals surface area (Å²) in [5, 5.41) is 0. The lowest BCUT2D eigenvalue weighted by atomic mass is 10.2. The summed E-state index contributed by atoms with van der Waals surface area (Å²) < 4.78 is 10.4. The first-order chi connectivity index (χ1) is 8.76. The van der Waals surface area contributed by atoms with E-state index in [1.54, 1.807) is 32.5 Å². The van der Waals surface area contributed by atoms with Crippen LogP contribution in [0.25, 0.3) is 11.4 Å². The third kappa shape index (κ3) is 2.49. The van der Waals surface area contributed by atoms with E-state index in [2.05, 4.69) is 15.4 Å². The molecule has 18 heavy (non-hydrogen) atoms. The third-order valence-corrected chi connectivity index (χ3v) is 2.41. The number of benzene rings is 1. The fraction of sp³-hybridized carbons (Fsp3) is 0.167. The molecule has 6 heteroatoms. The van der Waals surface area contributed by atoms with Gasteiger partial charge in [-0.25, -0.2) is 15.8 Å². The molecule has 0 aliphatic rings. The second-order valence-corrected chi connectivity index (χ2v) is 3.51. The number of hydrazine groups is 1. The van der Waals surface area contributed by atoms with Gasteiger partial charge in [0.1, 0.15) is 17.3 Å². The molecule has 0 unspecified atom stereocenters. The smallest absolute Gasteiger partial charge is 0.161 e. The Balaban J connectivity index is 2.48. The number of hydrogen-bond donors (Lipinski definition) is 2. The number of nitrogens with zero attached hydrogens (tertiary/aromatic N) is 2. The van der Waals surface area contributed by atoms with E-state index >= 15 is 0 Å². The van der Waals surface area contributed by atoms with Crippen molar-refractivity contribution >= 4 is 5.82 Å². The Morgan fingerprint density at radius 1 is 1.11 bits per heavy atom. The van der Waals surface area contributed by atoms with Crippen molar-refractivity contribution in [2.24, 2.45) is 5.84 Å². The van der Waals surface area contributed by atoms with Gasteiger partial charge in [-0.15, -0.1) is 0 Å². The van der Waals surface area contributed by atoms with Crippen molar-refractivity contribution in [1.29, 1.82) is 0 Å². The van der Waals surface area contributed by atoms with Crippen LogP contribution in [0.15, 0.2) is 30.5 Å². The number of nitrogen functional groups attached to an aromatic ring is 1. The molecule has 2 rings (SSSR count). The van der Waals surface area contributed by atoms with E-state index in [9.17, 15) is 0 Å². The molecule has 0 atom stereocenters. The van der Waals surface area contributed by atoms with E-state index in [1.165, 1.54) is 0 Å². The lowest BCUT2D eigenvalue weighted by Crippen LogP contribution is -2.09. The molecule has 0 aliphatic carbocycles. The Labute approximate surface area is 105 Å². The highest BCUT2D eigenvalue weighted by atomic mass is 16.5. The fourth-order valence-corrected chi connectivity index (χ4v) is 1.51. The summed E-state index contributed by atoms with van der Waals surface area (Å²) in [5.41, 5.74) is 3.28. The molecule has 1 aromatic carbocycles. The van der Waals surface area contributed by atoms with Gasteiger partial charge in [0, 0.05) is 23.9 Å². The molecule has 0 fully saturated rings. The van der Waals surface area contributed by atoms with E-state index in [0.29, 0.717) is 23.1 Å². The lowest BCUT2D eigenvalue weighted by molar-refractivity contribution is 0.394. The maximum atomic E-state index is 5.32. The van der Waals surface area contributed by atoms with Crippen molar-refractivity contribution in [3.05, 3.63) is 30.5 Å². The maximum absolute atomic E-state index is 5.32. The molecule has 6 nitrogen and oxygen atoms in total. The predicted octanol–water partition coefficient (Wildman–Crippen LogP) is 1.45. The Morgan fingerprint density at radius 2 is 1.78 bits per heavy atom. The summed E-state index contributed by atoms with van der Waals surface area (Å²) in [6.07, 6.45) is 1.63. The summed E-state index contributed by atoms with van der Waals surface area (Å²) in [6, 6.07) is 7.13. The molecule has 1 aromatic heterocycles. The highest BCUT2D eigenvalue weighted by Crippen LogP contribution is 2.28.